The fourth-order valence-electron chi connectivity index (χ4n) is 3.79. The lowest BCUT2D eigenvalue weighted by molar-refractivity contribution is 0.0519. The van der Waals surface area contributed by atoms with Crippen molar-refractivity contribution in [3.63, 3.8) is 0 Å². The van der Waals surface area contributed by atoms with Crippen molar-refractivity contribution in [1.82, 2.24) is 10.3 Å². The topological polar surface area (TPSA) is 46.5 Å². The number of ether oxygens (including phenoxy) is 1. The lowest BCUT2D eigenvalue weighted by atomic mass is 9.96. The second kappa shape index (κ2) is 7.79. The molecule has 0 amide bonds. The van der Waals surface area contributed by atoms with Crippen LogP contribution in [-0.4, -0.2) is 23.5 Å². The molecule has 1 aromatic carbocycles. The zero-order chi connectivity index (χ0) is 16.9. The highest BCUT2D eigenvalue weighted by Gasteiger charge is 2.31. The van der Waals surface area contributed by atoms with E-state index in [2.05, 4.69) is 40.6 Å². The Morgan fingerprint density at radius 2 is 1.76 bits per heavy atom. The molecule has 1 fully saturated rings. The van der Waals surface area contributed by atoms with Crippen LogP contribution in [0.3, 0.4) is 0 Å². The van der Waals surface area contributed by atoms with Crippen LogP contribution in [0.4, 0.5) is 0 Å². The quantitative estimate of drug-likeness (QED) is 0.890. The minimum atomic E-state index is 0.0426. The first-order chi connectivity index (χ1) is 12.4. The van der Waals surface area contributed by atoms with Gasteiger partial charge in [0.2, 0.25) is 0 Å². The first-order valence-corrected chi connectivity index (χ1v) is 9.30. The predicted octanol–water partition coefficient (Wildman–Crippen LogP) is 4.22. The first kappa shape index (κ1) is 16.3. The van der Waals surface area contributed by atoms with Gasteiger partial charge in [-0.2, -0.15) is 0 Å². The van der Waals surface area contributed by atoms with Crippen LogP contribution in [0.25, 0.3) is 0 Å². The highest BCUT2D eigenvalue weighted by atomic mass is 16.5. The minimum Gasteiger partial charge on any atom is -0.370 e. The number of amidine groups is 1. The van der Waals surface area contributed by atoms with E-state index in [0.717, 1.165) is 11.4 Å². The summed E-state index contributed by atoms with van der Waals surface area (Å²) < 4.78 is 6.13. The lowest BCUT2D eigenvalue weighted by Gasteiger charge is -2.22. The predicted molar refractivity (Wildman–Crippen MR) is 99.6 cm³/mol. The van der Waals surface area contributed by atoms with Crippen LogP contribution in [0, 0.1) is 0 Å². The Balaban J connectivity index is 1.50. The van der Waals surface area contributed by atoms with E-state index in [-0.39, 0.29) is 12.1 Å². The molecule has 1 aliphatic heterocycles. The van der Waals surface area contributed by atoms with Crippen molar-refractivity contribution in [1.29, 1.82) is 0 Å². The fourth-order valence-corrected chi connectivity index (χ4v) is 3.79. The summed E-state index contributed by atoms with van der Waals surface area (Å²) in [4.78, 5) is 9.21. The molecule has 4 nitrogen and oxygen atoms in total. The number of aliphatic imine (C=N–C) groups is 1. The number of hydrogen-bond donors (Lipinski definition) is 1. The molecule has 0 unspecified atom stereocenters. The van der Waals surface area contributed by atoms with Gasteiger partial charge in [0.05, 0.1) is 12.1 Å². The normalized spacial score (nSPS) is 23.9. The van der Waals surface area contributed by atoms with Crippen molar-refractivity contribution in [3.05, 3.63) is 66.0 Å². The number of rotatable bonds is 5. The van der Waals surface area contributed by atoms with Crippen molar-refractivity contribution in [2.75, 3.05) is 6.61 Å². The Labute approximate surface area is 149 Å². The maximum absolute atomic E-state index is 6.13. The molecular formula is C21H25N3O. The van der Waals surface area contributed by atoms with Crippen molar-refractivity contribution < 1.29 is 4.74 Å². The maximum atomic E-state index is 6.13. The van der Waals surface area contributed by atoms with E-state index in [1.165, 1.54) is 37.7 Å². The lowest BCUT2D eigenvalue weighted by Crippen LogP contribution is -2.30. The van der Waals surface area contributed by atoms with Gasteiger partial charge in [-0.3, -0.25) is 9.98 Å². The number of aromatic nitrogens is 1. The summed E-state index contributed by atoms with van der Waals surface area (Å²) in [6.07, 6.45) is 10.4. The Hall–Kier alpha value is -2.20. The molecular weight excluding hydrogens is 310 g/mol. The van der Waals surface area contributed by atoms with Gasteiger partial charge in [-0.1, -0.05) is 55.7 Å². The third-order valence-electron chi connectivity index (χ3n) is 5.13. The van der Waals surface area contributed by atoms with Crippen LogP contribution in [0.15, 0.2) is 59.9 Å². The Bertz CT molecular complexity index is 696. The van der Waals surface area contributed by atoms with Crippen LogP contribution >= 0.6 is 0 Å². The molecule has 2 aromatic rings. The molecule has 2 heterocycles. The number of nitrogens with one attached hydrogen (secondary N) is 1. The van der Waals surface area contributed by atoms with Gasteiger partial charge in [-0.05, 0) is 30.0 Å². The van der Waals surface area contributed by atoms with Gasteiger partial charge in [0, 0.05) is 12.4 Å². The van der Waals surface area contributed by atoms with Gasteiger partial charge in [-0.15, -0.1) is 0 Å². The van der Waals surface area contributed by atoms with E-state index in [0.29, 0.717) is 12.7 Å². The third kappa shape index (κ3) is 3.90. The Morgan fingerprint density at radius 1 is 0.960 bits per heavy atom. The monoisotopic (exact) mass is 335 g/mol. The highest BCUT2D eigenvalue weighted by molar-refractivity contribution is 5.86. The van der Waals surface area contributed by atoms with E-state index in [9.17, 15) is 0 Å². The molecule has 25 heavy (non-hydrogen) atoms. The summed E-state index contributed by atoms with van der Waals surface area (Å²) in [5, 5.41) is 3.59. The van der Waals surface area contributed by atoms with E-state index in [1.54, 1.807) is 6.20 Å². The molecule has 0 radical (unpaired) electrons. The second-order valence-corrected chi connectivity index (χ2v) is 6.91. The smallest absolute Gasteiger partial charge is 0.124 e. The summed E-state index contributed by atoms with van der Waals surface area (Å²) in [6.45, 7) is 0.574. The van der Waals surface area contributed by atoms with Gasteiger partial charge in [0.15, 0.2) is 0 Å². The van der Waals surface area contributed by atoms with Gasteiger partial charge in [0.25, 0.3) is 0 Å². The van der Waals surface area contributed by atoms with E-state index in [4.69, 9.17) is 9.73 Å². The second-order valence-electron chi connectivity index (χ2n) is 6.91. The van der Waals surface area contributed by atoms with Crippen LogP contribution in [0.5, 0.6) is 0 Å². The van der Waals surface area contributed by atoms with Crippen LogP contribution < -0.4 is 5.32 Å². The average Bonchev–Trinajstić information content (AvgIpc) is 3.13. The van der Waals surface area contributed by atoms with E-state index >= 15 is 0 Å². The number of pyridine rings is 1. The zero-order valence-corrected chi connectivity index (χ0v) is 14.5. The number of hydrogen-bond acceptors (Lipinski definition) is 4. The number of nitrogens with zero attached hydrogens (tertiary/aromatic N) is 2. The largest absolute Gasteiger partial charge is 0.370 e. The summed E-state index contributed by atoms with van der Waals surface area (Å²) in [5.74, 6) is 0.952. The molecule has 1 N–H and O–H groups in total. The molecule has 0 saturated heterocycles. The SMILES string of the molecule is c1ccc([C@@H]2NC(COC3CCCCC3)=N[C@@H]2c2cccnc2)cc1. The molecule has 2 atom stereocenters. The highest BCUT2D eigenvalue weighted by Crippen LogP contribution is 2.35. The van der Waals surface area contributed by atoms with Gasteiger partial charge < -0.3 is 10.1 Å². The molecule has 130 valence electrons. The van der Waals surface area contributed by atoms with Crippen molar-refractivity contribution in [2.24, 2.45) is 4.99 Å². The standard InChI is InChI=1S/C21H25N3O/c1-3-8-16(9-4-1)20-21(17-10-7-13-22-14-17)24-19(23-20)15-25-18-11-5-2-6-12-18/h1,3-4,7-10,13-14,18,20-21H,2,5-6,11-12,15H2,(H,23,24)/t20-,21+/m0/s1. The van der Waals surface area contributed by atoms with Crippen LogP contribution in [-0.2, 0) is 4.74 Å². The van der Waals surface area contributed by atoms with Gasteiger partial charge >= 0.3 is 0 Å². The minimum absolute atomic E-state index is 0.0426. The van der Waals surface area contributed by atoms with Crippen molar-refractivity contribution in [2.45, 2.75) is 50.3 Å². The van der Waals surface area contributed by atoms with Crippen molar-refractivity contribution in [3.8, 4) is 0 Å². The molecule has 0 bridgehead atoms. The zero-order valence-electron chi connectivity index (χ0n) is 14.5. The molecule has 1 saturated carbocycles. The molecule has 1 aliphatic carbocycles. The molecule has 2 aliphatic rings. The fraction of sp³-hybridized carbons (Fsp3) is 0.429. The summed E-state index contributed by atoms with van der Waals surface area (Å²) in [5.41, 5.74) is 2.38. The van der Waals surface area contributed by atoms with E-state index in [1.807, 2.05) is 18.3 Å². The molecule has 0 spiro atoms. The Kier molecular flexibility index (Phi) is 5.07. The summed E-state index contributed by atoms with van der Waals surface area (Å²) in [7, 11) is 0. The summed E-state index contributed by atoms with van der Waals surface area (Å²) in [6, 6.07) is 14.8. The summed E-state index contributed by atoms with van der Waals surface area (Å²) >= 11 is 0. The first-order valence-electron chi connectivity index (χ1n) is 9.30. The average molecular weight is 335 g/mol. The van der Waals surface area contributed by atoms with Gasteiger partial charge in [0.1, 0.15) is 18.5 Å². The van der Waals surface area contributed by atoms with Gasteiger partial charge in [-0.25, -0.2) is 0 Å². The van der Waals surface area contributed by atoms with Crippen LogP contribution in [0.1, 0.15) is 55.3 Å². The molecule has 4 rings (SSSR count). The van der Waals surface area contributed by atoms with Crippen molar-refractivity contribution >= 4 is 5.84 Å². The van der Waals surface area contributed by atoms with E-state index < -0.39 is 0 Å². The number of benzene rings is 1. The van der Waals surface area contributed by atoms with Crippen LogP contribution in [0.2, 0.25) is 0 Å². The molecule has 1 aromatic heterocycles. The molecule has 4 heteroatoms. The maximum Gasteiger partial charge on any atom is 0.124 e. The Morgan fingerprint density at radius 3 is 2.52 bits per heavy atom. The third-order valence-corrected chi connectivity index (χ3v) is 5.13.